The summed E-state index contributed by atoms with van der Waals surface area (Å²) in [5.74, 6) is 0. The van der Waals surface area contributed by atoms with E-state index in [4.69, 9.17) is 5.10 Å². The summed E-state index contributed by atoms with van der Waals surface area (Å²) in [6.07, 6.45) is 2.10. The van der Waals surface area contributed by atoms with Crippen molar-refractivity contribution >= 4 is 0 Å². The Morgan fingerprint density at radius 2 is 1.36 bits per heavy atom. The molecule has 0 N–H and O–H groups in total. The molecule has 0 aliphatic heterocycles. The second-order valence-electron chi connectivity index (χ2n) is 6.45. The van der Waals surface area contributed by atoms with Gasteiger partial charge in [-0.15, -0.1) is 0 Å². The molecule has 25 heavy (non-hydrogen) atoms. The van der Waals surface area contributed by atoms with Crippen molar-refractivity contribution < 1.29 is 0 Å². The summed E-state index contributed by atoms with van der Waals surface area (Å²) >= 11 is 0. The molecule has 4 aromatic rings. The minimum Gasteiger partial charge on any atom is -0.232 e. The molecule has 2 nitrogen and oxygen atoms in total. The monoisotopic (exact) mass is 322 g/mol. The van der Waals surface area contributed by atoms with Crippen molar-refractivity contribution in [3.05, 3.63) is 96.1 Å². The molecule has 0 fully saturated rings. The Bertz CT molecular complexity index is 1030. The molecule has 0 unspecified atom stereocenters. The number of fused-ring (bicyclic) bond motifs is 3. The van der Waals surface area contributed by atoms with E-state index in [1.54, 1.807) is 0 Å². The Kier molecular flexibility index (Phi) is 3.27. The lowest BCUT2D eigenvalue weighted by molar-refractivity contribution is 0.891. The van der Waals surface area contributed by atoms with Crippen molar-refractivity contribution in [2.24, 2.45) is 0 Å². The Morgan fingerprint density at radius 3 is 2.16 bits per heavy atom. The lowest BCUT2D eigenvalue weighted by atomic mass is 9.88. The van der Waals surface area contributed by atoms with E-state index in [-0.39, 0.29) is 0 Å². The maximum atomic E-state index is 5.06. The van der Waals surface area contributed by atoms with Gasteiger partial charge in [-0.2, -0.15) is 5.10 Å². The molecule has 0 saturated heterocycles. The van der Waals surface area contributed by atoms with Crippen molar-refractivity contribution in [2.75, 3.05) is 0 Å². The maximum Gasteiger partial charge on any atom is 0.0969 e. The van der Waals surface area contributed by atoms with Gasteiger partial charge in [0.1, 0.15) is 0 Å². The minimum absolute atomic E-state index is 1.03. The number of aryl methyl sites for hydroxylation is 1. The maximum absolute atomic E-state index is 5.06. The van der Waals surface area contributed by atoms with Crippen LogP contribution in [-0.2, 0) is 12.8 Å². The van der Waals surface area contributed by atoms with E-state index in [0.29, 0.717) is 0 Å². The summed E-state index contributed by atoms with van der Waals surface area (Å²) in [4.78, 5) is 0. The van der Waals surface area contributed by atoms with Crippen LogP contribution in [0.4, 0.5) is 0 Å². The number of hydrogen-bond acceptors (Lipinski definition) is 1. The standard InChI is InChI=1S/C23H18N2/c1-3-10-18(11-4-1)23-21-16-15-17-9-7-8-14-20(17)22(21)24-25(23)19-12-5-2-6-13-19/h1-14H,15-16H2. The zero-order chi connectivity index (χ0) is 16.6. The normalized spacial score (nSPS) is 12.5. The molecule has 2 heteroatoms. The number of rotatable bonds is 2. The topological polar surface area (TPSA) is 17.8 Å². The first-order valence-electron chi connectivity index (χ1n) is 8.73. The van der Waals surface area contributed by atoms with Gasteiger partial charge in [-0.1, -0.05) is 72.8 Å². The van der Waals surface area contributed by atoms with Gasteiger partial charge in [-0.25, -0.2) is 4.68 Å². The van der Waals surface area contributed by atoms with Crippen molar-refractivity contribution in [3.8, 4) is 28.2 Å². The SMILES string of the molecule is c1ccc(-c2c3c(nn2-c2ccccc2)-c2ccccc2CC3)cc1. The largest absolute Gasteiger partial charge is 0.232 e. The summed E-state index contributed by atoms with van der Waals surface area (Å²) < 4.78 is 2.11. The van der Waals surface area contributed by atoms with Crippen molar-refractivity contribution in [1.82, 2.24) is 9.78 Å². The van der Waals surface area contributed by atoms with Gasteiger partial charge >= 0.3 is 0 Å². The number of benzene rings is 3. The average molecular weight is 322 g/mol. The highest BCUT2D eigenvalue weighted by Gasteiger charge is 2.25. The molecule has 0 radical (unpaired) electrons. The third kappa shape index (κ3) is 2.30. The Labute approximate surface area is 147 Å². The quantitative estimate of drug-likeness (QED) is 0.489. The molecule has 1 aliphatic carbocycles. The van der Waals surface area contributed by atoms with Gasteiger partial charge < -0.3 is 0 Å². The highest BCUT2D eigenvalue weighted by atomic mass is 15.3. The number of para-hydroxylation sites is 1. The van der Waals surface area contributed by atoms with Crippen LogP contribution in [0, 0.1) is 0 Å². The van der Waals surface area contributed by atoms with E-state index in [0.717, 1.165) is 24.2 Å². The molecule has 5 rings (SSSR count). The van der Waals surface area contributed by atoms with Crippen LogP contribution in [0.2, 0.25) is 0 Å². The van der Waals surface area contributed by atoms with Gasteiger partial charge in [0.2, 0.25) is 0 Å². The van der Waals surface area contributed by atoms with E-state index in [2.05, 4.69) is 83.5 Å². The lowest BCUT2D eigenvalue weighted by Crippen LogP contribution is -2.03. The van der Waals surface area contributed by atoms with Crippen LogP contribution in [0.3, 0.4) is 0 Å². The molecule has 0 bridgehead atoms. The summed E-state index contributed by atoms with van der Waals surface area (Å²) in [5.41, 5.74) is 8.70. The molecule has 0 atom stereocenters. The number of nitrogens with zero attached hydrogens (tertiary/aromatic N) is 2. The summed E-state index contributed by atoms with van der Waals surface area (Å²) in [6, 6.07) is 29.7. The second-order valence-corrected chi connectivity index (χ2v) is 6.45. The van der Waals surface area contributed by atoms with E-state index in [9.17, 15) is 0 Å². The molecule has 0 spiro atoms. The predicted octanol–water partition coefficient (Wildman–Crippen LogP) is 5.30. The van der Waals surface area contributed by atoms with Gasteiger partial charge in [0.15, 0.2) is 0 Å². The van der Waals surface area contributed by atoms with Gasteiger partial charge in [0.25, 0.3) is 0 Å². The average Bonchev–Trinajstić information content (AvgIpc) is 3.09. The van der Waals surface area contributed by atoms with Gasteiger partial charge in [-0.3, -0.25) is 0 Å². The van der Waals surface area contributed by atoms with Gasteiger partial charge in [-0.05, 0) is 30.5 Å². The first-order chi connectivity index (χ1) is 12.4. The Morgan fingerprint density at radius 1 is 0.680 bits per heavy atom. The number of hydrogen-bond donors (Lipinski definition) is 0. The fraction of sp³-hybridized carbons (Fsp3) is 0.0870. The lowest BCUT2D eigenvalue weighted by Gasteiger charge is -2.16. The zero-order valence-corrected chi connectivity index (χ0v) is 13.9. The van der Waals surface area contributed by atoms with E-state index >= 15 is 0 Å². The van der Waals surface area contributed by atoms with Crippen LogP contribution in [0.25, 0.3) is 28.2 Å². The molecular weight excluding hydrogens is 304 g/mol. The van der Waals surface area contributed by atoms with Crippen LogP contribution in [0.15, 0.2) is 84.9 Å². The van der Waals surface area contributed by atoms with Crippen molar-refractivity contribution in [1.29, 1.82) is 0 Å². The van der Waals surface area contributed by atoms with Gasteiger partial charge in [0, 0.05) is 16.7 Å². The third-order valence-corrected chi connectivity index (χ3v) is 4.95. The smallest absolute Gasteiger partial charge is 0.0969 e. The highest BCUT2D eigenvalue weighted by molar-refractivity contribution is 5.79. The first-order valence-corrected chi connectivity index (χ1v) is 8.73. The van der Waals surface area contributed by atoms with E-state index in [1.807, 2.05) is 6.07 Å². The molecule has 1 aliphatic rings. The highest BCUT2D eigenvalue weighted by Crippen LogP contribution is 2.39. The second kappa shape index (κ2) is 5.75. The fourth-order valence-electron chi connectivity index (χ4n) is 3.78. The molecule has 1 heterocycles. The zero-order valence-electron chi connectivity index (χ0n) is 13.9. The van der Waals surface area contributed by atoms with Crippen molar-refractivity contribution in [3.63, 3.8) is 0 Å². The third-order valence-electron chi connectivity index (χ3n) is 4.95. The predicted molar refractivity (Wildman–Crippen MR) is 102 cm³/mol. The summed E-state index contributed by atoms with van der Waals surface area (Å²) in [7, 11) is 0. The number of aromatic nitrogens is 2. The summed E-state index contributed by atoms with van der Waals surface area (Å²) in [5, 5.41) is 5.06. The molecule has 1 aromatic heterocycles. The van der Waals surface area contributed by atoms with Crippen molar-refractivity contribution in [2.45, 2.75) is 12.8 Å². The molecule has 0 saturated carbocycles. The fourth-order valence-corrected chi connectivity index (χ4v) is 3.78. The van der Waals surface area contributed by atoms with Crippen LogP contribution in [0.1, 0.15) is 11.1 Å². The molecular formula is C23H18N2. The van der Waals surface area contributed by atoms with Crippen LogP contribution < -0.4 is 0 Å². The first kappa shape index (κ1) is 14.2. The van der Waals surface area contributed by atoms with Crippen LogP contribution >= 0.6 is 0 Å². The van der Waals surface area contributed by atoms with Crippen LogP contribution in [-0.4, -0.2) is 9.78 Å². The molecule has 120 valence electrons. The molecule has 3 aromatic carbocycles. The Hall–Kier alpha value is -3.13. The van der Waals surface area contributed by atoms with Crippen LogP contribution in [0.5, 0.6) is 0 Å². The van der Waals surface area contributed by atoms with E-state index < -0.39 is 0 Å². The van der Waals surface area contributed by atoms with Gasteiger partial charge in [0.05, 0.1) is 17.1 Å². The summed E-state index contributed by atoms with van der Waals surface area (Å²) in [6.45, 7) is 0. The van der Waals surface area contributed by atoms with E-state index in [1.165, 1.54) is 27.9 Å². The molecule has 0 amide bonds. The minimum atomic E-state index is 1.03. The Balaban J connectivity index is 1.82.